The number of aromatic hydroxyl groups is 1. The van der Waals surface area contributed by atoms with Crippen molar-refractivity contribution >= 4 is 21.6 Å². The summed E-state index contributed by atoms with van der Waals surface area (Å²) in [5.74, 6) is 0.285. The van der Waals surface area contributed by atoms with Gasteiger partial charge >= 0.3 is 0 Å². The van der Waals surface area contributed by atoms with Gasteiger partial charge in [-0.05, 0) is 34.5 Å². The van der Waals surface area contributed by atoms with Gasteiger partial charge < -0.3 is 10.8 Å². The van der Waals surface area contributed by atoms with E-state index in [1.54, 1.807) is 0 Å². The average Bonchev–Trinajstić information content (AvgIpc) is 2.27. The molecule has 0 fully saturated rings. The van der Waals surface area contributed by atoms with E-state index >= 15 is 0 Å². The molecule has 2 aromatic rings. The highest BCUT2D eigenvalue weighted by Gasteiger charge is 2.10. The van der Waals surface area contributed by atoms with Crippen LogP contribution in [-0.4, -0.2) is 5.11 Å². The number of hydrogen-bond acceptors (Lipinski definition) is 2. The molecule has 2 rings (SSSR count). The van der Waals surface area contributed by atoms with Crippen LogP contribution < -0.4 is 5.73 Å². The van der Waals surface area contributed by atoms with Crippen molar-refractivity contribution in [3.63, 3.8) is 0 Å². The number of aryl methyl sites for hydroxylation is 1. The average molecular weight is 278 g/mol. The lowest BCUT2D eigenvalue weighted by atomic mass is 10.0. The predicted octanol–water partition coefficient (Wildman–Crippen LogP) is 3.71. The molecule has 16 heavy (non-hydrogen) atoms. The first-order valence-corrected chi connectivity index (χ1v) is 5.73. The standard InChI is InChI=1S/C13H12BrNO/c1-8-4-2-6-10(13(8)16)9-5-3-7-11(14)12(9)15/h2-7,16H,15H2,1H3. The number of phenols is 1. The Morgan fingerprint density at radius 3 is 2.44 bits per heavy atom. The van der Waals surface area contributed by atoms with Gasteiger partial charge in [0.25, 0.3) is 0 Å². The highest BCUT2D eigenvalue weighted by molar-refractivity contribution is 9.10. The summed E-state index contributed by atoms with van der Waals surface area (Å²) in [6.45, 7) is 1.87. The van der Waals surface area contributed by atoms with Crippen molar-refractivity contribution in [3.05, 3.63) is 46.4 Å². The van der Waals surface area contributed by atoms with Gasteiger partial charge in [-0.25, -0.2) is 0 Å². The third kappa shape index (κ3) is 1.78. The number of nitrogens with two attached hydrogens (primary N) is 1. The van der Waals surface area contributed by atoms with E-state index in [0.29, 0.717) is 5.69 Å². The summed E-state index contributed by atoms with van der Waals surface area (Å²) < 4.78 is 0.839. The van der Waals surface area contributed by atoms with Crippen LogP contribution >= 0.6 is 15.9 Å². The van der Waals surface area contributed by atoms with Gasteiger partial charge in [0.2, 0.25) is 0 Å². The summed E-state index contributed by atoms with van der Waals surface area (Å²) >= 11 is 3.38. The predicted molar refractivity (Wildman–Crippen MR) is 70.4 cm³/mol. The molecule has 0 saturated heterocycles. The maximum atomic E-state index is 10.00. The SMILES string of the molecule is Cc1cccc(-c2cccc(Br)c2N)c1O. The molecule has 82 valence electrons. The second kappa shape index (κ2) is 4.18. The van der Waals surface area contributed by atoms with Gasteiger partial charge in [0, 0.05) is 15.6 Å². The third-order valence-corrected chi connectivity index (χ3v) is 3.27. The van der Waals surface area contributed by atoms with Crippen LogP contribution in [0, 0.1) is 6.92 Å². The molecule has 0 spiro atoms. The van der Waals surface area contributed by atoms with Crippen molar-refractivity contribution in [2.24, 2.45) is 0 Å². The molecule has 0 aliphatic carbocycles. The minimum atomic E-state index is 0.285. The van der Waals surface area contributed by atoms with Crippen LogP contribution in [0.25, 0.3) is 11.1 Å². The number of nitrogen functional groups attached to an aromatic ring is 1. The van der Waals surface area contributed by atoms with Crippen LogP contribution in [0.3, 0.4) is 0 Å². The minimum Gasteiger partial charge on any atom is -0.507 e. The summed E-state index contributed by atoms with van der Waals surface area (Å²) in [6.07, 6.45) is 0. The molecule has 0 amide bonds. The molecule has 0 bridgehead atoms. The molecule has 2 nitrogen and oxygen atoms in total. The van der Waals surface area contributed by atoms with Crippen LogP contribution in [-0.2, 0) is 0 Å². The molecule has 0 aromatic heterocycles. The summed E-state index contributed by atoms with van der Waals surface area (Å²) in [6, 6.07) is 11.3. The van der Waals surface area contributed by atoms with Gasteiger partial charge in [-0.1, -0.05) is 30.3 Å². The molecular weight excluding hydrogens is 266 g/mol. The Morgan fingerprint density at radius 1 is 1.06 bits per heavy atom. The molecule has 0 radical (unpaired) electrons. The zero-order valence-corrected chi connectivity index (χ0v) is 10.5. The topological polar surface area (TPSA) is 46.2 Å². The first-order chi connectivity index (χ1) is 7.61. The Labute approximate surface area is 103 Å². The lowest BCUT2D eigenvalue weighted by Crippen LogP contribution is -1.92. The van der Waals surface area contributed by atoms with Crippen molar-refractivity contribution in [1.29, 1.82) is 0 Å². The number of hydrogen-bond donors (Lipinski definition) is 2. The molecule has 0 atom stereocenters. The van der Waals surface area contributed by atoms with Crippen LogP contribution in [0.5, 0.6) is 5.75 Å². The monoisotopic (exact) mass is 277 g/mol. The third-order valence-electron chi connectivity index (χ3n) is 2.58. The molecule has 0 unspecified atom stereocenters. The molecule has 0 heterocycles. The summed E-state index contributed by atoms with van der Waals surface area (Å²) in [7, 11) is 0. The number of benzene rings is 2. The fourth-order valence-corrected chi connectivity index (χ4v) is 2.01. The minimum absolute atomic E-state index is 0.285. The quantitative estimate of drug-likeness (QED) is 0.781. The maximum Gasteiger partial charge on any atom is 0.126 e. The lowest BCUT2D eigenvalue weighted by Gasteiger charge is -2.10. The van der Waals surface area contributed by atoms with Gasteiger partial charge in [-0.3, -0.25) is 0 Å². The highest BCUT2D eigenvalue weighted by atomic mass is 79.9. The zero-order chi connectivity index (χ0) is 11.7. The molecule has 0 aliphatic heterocycles. The van der Waals surface area contributed by atoms with Crippen molar-refractivity contribution in [2.45, 2.75) is 6.92 Å². The van der Waals surface area contributed by atoms with Crippen LogP contribution in [0.4, 0.5) is 5.69 Å². The van der Waals surface area contributed by atoms with Crippen LogP contribution in [0.1, 0.15) is 5.56 Å². The van der Waals surface area contributed by atoms with E-state index in [0.717, 1.165) is 21.2 Å². The zero-order valence-electron chi connectivity index (χ0n) is 8.87. The largest absolute Gasteiger partial charge is 0.507 e. The fraction of sp³-hybridized carbons (Fsp3) is 0.0769. The normalized spacial score (nSPS) is 10.4. The lowest BCUT2D eigenvalue weighted by molar-refractivity contribution is 0.473. The highest BCUT2D eigenvalue weighted by Crippen LogP contribution is 2.37. The Bertz CT molecular complexity index is 488. The Balaban J connectivity index is 2.68. The first-order valence-electron chi connectivity index (χ1n) is 4.94. The molecule has 2 aromatic carbocycles. The molecule has 3 N–H and O–H groups in total. The number of halogens is 1. The second-order valence-corrected chi connectivity index (χ2v) is 4.53. The van der Waals surface area contributed by atoms with Crippen molar-refractivity contribution in [2.75, 3.05) is 5.73 Å². The number of rotatable bonds is 1. The van der Waals surface area contributed by atoms with E-state index < -0.39 is 0 Å². The number of para-hydroxylation sites is 2. The number of phenolic OH excluding ortho intramolecular Hbond substituents is 1. The molecule has 3 heteroatoms. The van der Waals surface area contributed by atoms with E-state index in [4.69, 9.17) is 5.73 Å². The van der Waals surface area contributed by atoms with E-state index in [2.05, 4.69) is 15.9 Å². The Morgan fingerprint density at radius 2 is 1.69 bits per heavy atom. The van der Waals surface area contributed by atoms with Gasteiger partial charge in [0.1, 0.15) is 5.75 Å². The smallest absolute Gasteiger partial charge is 0.126 e. The summed E-state index contributed by atoms with van der Waals surface area (Å²) in [5.41, 5.74) is 9.07. The Hall–Kier alpha value is -1.48. The maximum absolute atomic E-state index is 10.00. The van der Waals surface area contributed by atoms with E-state index in [9.17, 15) is 5.11 Å². The van der Waals surface area contributed by atoms with Crippen molar-refractivity contribution < 1.29 is 5.11 Å². The molecule has 0 aliphatic rings. The van der Waals surface area contributed by atoms with Gasteiger partial charge in [0.15, 0.2) is 0 Å². The van der Waals surface area contributed by atoms with E-state index in [-0.39, 0.29) is 5.75 Å². The summed E-state index contributed by atoms with van der Waals surface area (Å²) in [5, 5.41) is 10.00. The fourth-order valence-electron chi connectivity index (χ4n) is 1.65. The Kier molecular flexibility index (Phi) is 2.88. The molecular formula is C13H12BrNO. The van der Waals surface area contributed by atoms with E-state index in [1.807, 2.05) is 43.3 Å². The van der Waals surface area contributed by atoms with Crippen molar-refractivity contribution in [1.82, 2.24) is 0 Å². The summed E-state index contributed by atoms with van der Waals surface area (Å²) in [4.78, 5) is 0. The number of anilines is 1. The second-order valence-electron chi connectivity index (χ2n) is 3.67. The van der Waals surface area contributed by atoms with Gasteiger partial charge in [-0.15, -0.1) is 0 Å². The first kappa shape index (κ1) is 11.0. The van der Waals surface area contributed by atoms with Gasteiger partial charge in [-0.2, -0.15) is 0 Å². The van der Waals surface area contributed by atoms with Crippen molar-refractivity contribution in [3.8, 4) is 16.9 Å². The van der Waals surface area contributed by atoms with E-state index in [1.165, 1.54) is 0 Å². The van der Waals surface area contributed by atoms with Crippen LogP contribution in [0.15, 0.2) is 40.9 Å². The molecule has 0 saturated carbocycles. The van der Waals surface area contributed by atoms with Gasteiger partial charge in [0.05, 0.1) is 5.69 Å². The van der Waals surface area contributed by atoms with Crippen LogP contribution in [0.2, 0.25) is 0 Å².